The van der Waals surface area contributed by atoms with Crippen LogP contribution in [0.4, 0.5) is 0 Å². The fourth-order valence-corrected chi connectivity index (χ4v) is 2.71. The van der Waals surface area contributed by atoms with Crippen molar-refractivity contribution in [1.82, 2.24) is 14.9 Å². The molecule has 0 aliphatic carbocycles. The van der Waals surface area contributed by atoms with Crippen LogP contribution in [0.1, 0.15) is 32.5 Å². The number of nitrogens with zero attached hydrogens (tertiary/aromatic N) is 2. The van der Waals surface area contributed by atoms with Crippen molar-refractivity contribution >= 4 is 11.0 Å². The molecule has 0 radical (unpaired) electrons. The summed E-state index contributed by atoms with van der Waals surface area (Å²) in [6, 6.07) is 8.95. The summed E-state index contributed by atoms with van der Waals surface area (Å²) in [5, 5.41) is 3.40. The highest BCUT2D eigenvalue weighted by Crippen LogP contribution is 2.17. The number of hydrogen-bond donors (Lipinski definition) is 1. The van der Waals surface area contributed by atoms with Gasteiger partial charge < -0.3 is 9.88 Å². The second-order valence-corrected chi connectivity index (χ2v) is 5.61. The number of aryl methyl sites for hydroxylation is 2. The lowest BCUT2D eigenvalue weighted by atomic mass is 9.98. The predicted octanol–water partition coefficient (Wildman–Crippen LogP) is 3.14. The van der Waals surface area contributed by atoms with Gasteiger partial charge in [0, 0.05) is 19.5 Å². The van der Waals surface area contributed by atoms with E-state index in [1.165, 1.54) is 24.2 Å². The summed E-state index contributed by atoms with van der Waals surface area (Å²) in [6.07, 6.45) is 3.44. The molecule has 104 valence electrons. The van der Waals surface area contributed by atoms with Crippen LogP contribution in [-0.2, 0) is 13.5 Å². The minimum absolute atomic E-state index is 0.606. The molecule has 0 saturated heterocycles. The molecule has 1 aromatic heterocycles. The Morgan fingerprint density at radius 1 is 1.26 bits per heavy atom. The topological polar surface area (TPSA) is 29.9 Å². The first kappa shape index (κ1) is 14.1. The fourth-order valence-electron chi connectivity index (χ4n) is 2.71. The number of imidazole rings is 1. The number of rotatable bonds is 6. The van der Waals surface area contributed by atoms with Crippen LogP contribution >= 0.6 is 0 Å². The number of hydrogen-bond acceptors (Lipinski definition) is 2. The van der Waals surface area contributed by atoms with Gasteiger partial charge in [0.05, 0.1) is 11.0 Å². The van der Waals surface area contributed by atoms with Crippen molar-refractivity contribution in [3.8, 4) is 0 Å². The van der Waals surface area contributed by atoms with E-state index in [-0.39, 0.29) is 0 Å². The molecule has 2 aromatic rings. The minimum atomic E-state index is 0.606. The van der Waals surface area contributed by atoms with Crippen molar-refractivity contribution in [2.75, 3.05) is 7.05 Å². The first-order valence-corrected chi connectivity index (χ1v) is 7.21. The predicted molar refractivity (Wildman–Crippen MR) is 81.3 cm³/mol. The Hall–Kier alpha value is -1.35. The highest BCUT2D eigenvalue weighted by atomic mass is 15.1. The van der Waals surface area contributed by atoms with Crippen molar-refractivity contribution in [1.29, 1.82) is 0 Å². The van der Waals surface area contributed by atoms with Crippen molar-refractivity contribution < 1.29 is 0 Å². The smallest absolute Gasteiger partial charge is 0.109 e. The van der Waals surface area contributed by atoms with Gasteiger partial charge in [-0.05, 0) is 37.9 Å². The zero-order valence-corrected chi connectivity index (χ0v) is 12.5. The molecule has 0 aliphatic rings. The molecule has 0 amide bonds. The van der Waals surface area contributed by atoms with Gasteiger partial charge in [0.1, 0.15) is 5.82 Å². The lowest BCUT2D eigenvalue weighted by Gasteiger charge is -2.19. The molecule has 1 atom stereocenters. The monoisotopic (exact) mass is 259 g/mol. The Bertz CT molecular complexity index is 528. The molecule has 19 heavy (non-hydrogen) atoms. The van der Waals surface area contributed by atoms with Gasteiger partial charge in [-0.2, -0.15) is 0 Å². The molecule has 0 aliphatic heterocycles. The van der Waals surface area contributed by atoms with E-state index in [4.69, 9.17) is 4.98 Å². The van der Waals surface area contributed by atoms with E-state index in [1.54, 1.807) is 0 Å². The summed E-state index contributed by atoms with van der Waals surface area (Å²) in [7, 11) is 4.17. The largest absolute Gasteiger partial charge is 0.331 e. The molecule has 1 unspecified atom stereocenters. The van der Waals surface area contributed by atoms with E-state index in [9.17, 15) is 0 Å². The van der Waals surface area contributed by atoms with Crippen LogP contribution in [0.25, 0.3) is 11.0 Å². The van der Waals surface area contributed by atoms with Crippen LogP contribution in [0.15, 0.2) is 24.3 Å². The molecule has 0 bridgehead atoms. The average Bonchev–Trinajstić information content (AvgIpc) is 2.72. The zero-order valence-electron chi connectivity index (χ0n) is 12.5. The van der Waals surface area contributed by atoms with E-state index in [1.807, 2.05) is 0 Å². The van der Waals surface area contributed by atoms with Crippen LogP contribution < -0.4 is 5.32 Å². The van der Waals surface area contributed by atoms with Crippen LogP contribution in [0.5, 0.6) is 0 Å². The van der Waals surface area contributed by atoms with Gasteiger partial charge in [0.2, 0.25) is 0 Å². The Morgan fingerprint density at radius 3 is 2.63 bits per heavy atom. The molecule has 1 aromatic carbocycles. The zero-order chi connectivity index (χ0) is 13.8. The highest BCUT2D eigenvalue weighted by molar-refractivity contribution is 5.75. The second kappa shape index (κ2) is 6.20. The number of benzene rings is 1. The summed E-state index contributed by atoms with van der Waals surface area (Å²) in [5.74, 6) is 1.88. The SMILES string of the molecule is CNC(CCCc1nc2ccccc2n1C)C(C)C. The normalized spacial score (nSPS) is 13.3. The van der Waals surface area contributed by atoms with Crippen molar-refractivity contribution in [2.24, 2.45) is 13.0 Å². The van der Waals surface area contributed by atoms with Crippen LogP contribution in [0.3, 0.4) is 0 Å². The van der Waals surface area contributed by atoms with Gasteiger partial charge in [0.25, 0.3) is 0 Å². The molecule has 0 fully saturated rings. The third-order valence-corrected chi connectivity index (χ3v) is 3.97. The molecule has 3 nitrogen and oxygen atoms in total. The number of nitrogens with one attached hydrogen (secondary N) is 1. The van der Waals surface area contributed by atoms with Crippen LogP contribution in [-0.4, -0.2) is 22.6 Å². The maximum absolute atomic E-state index is 4.72. The first-order valence-electron chi connectivity index (χ1n) is 7.21. The lowest BCUT2D eigenvalue weighted by Crippen LogP contribution is -2.30. The van der Waals surface area contributed by atoms with Gasteiger partial charge in [-0.25, -0.2) is 4.98 Å². The molecule has 1 heterocycles. The number of para-hydroxylation sites is 2. The third kappa shape index (κ3) is 3.16. The molecule has 0 saturated carbocycles. The standard InChI is InChI=1S/C16H25N3/c1-12(2)13(17-3)9-7-11-16-18-14-8-5-6-10-15(14)19(16)4/h5-6,8,10,12-13,17H,7,9,11H2,1-4H3. The van der Waals surface area contributed by atoms with Gasteiger partial charge >= 0.3 is 0 Å². The third-order valence-electron chi connectivity index (χ3n) is 3.97. The van der Waals surface area contributed by atoms with E-state index in [0.717, 1.165) is 11.9 Å². The summed E-state index contributed by atoms with van der Waals surface area (Å²) < 4.78 is 2.22. The average molecular weight is 259 g/mol. The maximum Gasteiger partial charge on any atom is 0.109 e. The van der Waals surface area contributed by atoms with Crippen LogP contribution in [0, 0.1) is 5.92 Å². The Labute approximate surface area is 116 Å². The molecule has 1 N–H and O–H groups in total. The van der Waals surface area contributed by atoms with Crippen molar-refractivity contribution in [2.45, 2.75) is 39.2 Å². The van der Waals surface area contributed by atoms with Gasteiger partial charge in [0.15, 0.2) is 0 Å². The number of fused-ring (bicyclic) bond motifs is 1. The van der Waals surface area contributed by atoms with Gasteiger partial charge in [-0.15, -0.1) is 0 Å². The molecular weight excluding hydrogens is 234 g/mol. The summed E-state index contributed by atoms with van der Waals surface area (Å²) in [5.41, 5.74) is 2.33. The van der Waals surface area contributed by atoms with Gasteiger partial charge in [-0.1, -0.05) is 26.0 Å². The highest BCUT2D eigenvalue weighted by Gasteiger charge is 2.12. The first-order chi connectivity index (χ1) is 9.13. The Balaban J connectivity index is 2.00. The van der Waals surface area contributed by atoms with Crippen molar-refractivity contribution in [3.63, 3.8) is 0 Å². The second-order valence-electron chi connectivity index (χ2n) is 5.61. The van der Waals surface area contributed by atoms with E-state index in [0.29, 0.717) is 12.0 Å². The van der Waals surface area contributed by atoms with E-state index < -0.39 is 0 Å². The minimum Gasteiger partial charge on any atom is -0.331 e. The quantitative estimate of drug-likeness (QED) is 0.863. The summed E-state index contributed by atoms with van der Waals surface area (Å²) >= 11 is 0. The Morgan fingerprint density at radius 2 is 2.00 bits per heavy atom. The fraction of sp³-hybridized carbons (Fsp3) is 0.562. The molecule has 2 rings (SSSR count). The molecule has 3 heteroatoms. The Kier molecular flexibility index (Phi) is 4.59. The van der Waals surface area contributed by atoms with Crippen LogP contribution in [0.2, 0.25) is 0 Å². The maximum atomic E-state index is 4.72. The van der Waals surface area contributed by atoms with Gasteiger partial charge in [-0.3, -0.25) is 0 Å². The summed E-state index contributed by atoms with van der Waals surface area (Å²) in [4.78, 5) is 4.72. The molecule has 0 spiro atoms. The van der Waals surface area contributed by atoms with E-state index in [2.05, 4.69) is 62.1 Å². The molecular formula is C16H25N3. The lowest BCUT2D eigenvalue weighted by molar-refractivity contribution is 0.392. The summed E-state index contributed by atoms with van der Waals surface area (Å²) in [6.45, 7) is 4.55. The van der Waals surface area contributed by atoms with E-state index >= 15 is 0 Å². The van der Waals surface area contributed by atoms with Crippen molar-refractivity contribution in [3.05, 3.63) is 30.1 Å². The number of aromatic nitrogens is 2.